The van der Waals surface area contributed by atoms with Crippen molar-refractivity contribution in [3.8, 4) is 28.6 Å². The van der Waals surface area contributed by atoms with E-state index in [4.69, 9.17) is 14.2 Å². The Labute approximate surface area is 246 Å². The lowest BCUT2D eigenvalue weighted by Gasteiger charge is -2.27. The van der Waals surface area contributed by atoms with Crippen molar-refractivity contribution in [1.82, 2.24) is 35.5 Å². The van der Waals surface area contributed by atoms with Crippen LogP contribution in [0.4, 0.5) is 13.6 Å². The van der Waals surface area contributed by atoms with E-state index >= 15 is 4.39 Å². The van der Waals surface area contributed by atoms with Crippen molar-refractivity contribution in [3.05, 3.63) is 66.3 Å². The van der Waals surface area contributed by atoms with E-state index in [1.54, 1.807) is 40.0 Å². The molecule has 0 spiro atoms. The van der Waals surface area contributed by atoms with Crippen LogP contribution in [0.2, 0.25) is 0 Å². The van der Waals surface area contributed by atoms with E-state index in [9.17, 15) is 14.0 Å². The molecule has 14 heteroatoms. The number of amides is 1. The van der Waals surface area contributed by atoms with Crippen LogP contribution in [0.5, 0.6) is 11.6 Å². The zero-order valence-corrected chi connectivity index (χ0v) is 24.4. The normalized spacial score (nSPS) is 12.8. The summed E-state index contributed by atoms with van der Waals surface area (Å²) in [5.41, 5.74) is 1.05. The zero-order chi connectivity index (χ0) is 31.1. The topological polar surface area (TPSA) is 146 Å². The number of nitrogens with one attached hydrogen (secondary N) is 2. The highest BCUT2D eigenvalue weighted by Gasteiger charge is 2.30. The maximum atomic E-state index is 15.0. The Hall–Kier alpha value is -4.88. The highest BCUT2D eigenvalue weighted by atomic mass is 19.1. The van der Waals surface area contributed by atoms with Gasteiger partial charge in [-0.2, -0.15) is 5.10 Å². The molecule has 2 N–H and O–H groups in total. The third kappa shape index (κ3) is 8.11. The lowest BCUT2D eigenvalue weighted by molar-refractivity contribution is -0.143. The summed E-state index contributed by atoms with van der Waals surface area (Å²) >= 11 is 0. The lowest BCUT2D eigenvalue weighted by atomic mass is 9.91. The first kappa shape index (κ1) is 31.1. The molecule has 0 aliphatic carbocycles. The first-order chi connectivity index (χ1) is 20.5. The average Bonchev–Trinajstić information content (AvgIpc) is 3.63. The maximum absolute atomic E-state index is 15.0. The van der Waals surface area contributed by atoms with E-state index in [0.717, 1.165) is 6.07 Å². The molecule has 0 radical (unpaired) electrons. The number of benzene rings is 1. The Morgan fingerprint density at radius 1 is 1.12 bits per heavy atom. The SMILES string of the molecule is CCOC(=O)CC(NC(=O)OC(C)(C)C)C(CC)c1cn(-c2ccc(Oc3ncc(-c4ccn[nH]4)cc3F)c(F)c2)nn1. The maximum Gasteiger partial charge on any atom is 0.407 e. The van der Waals surface area contributed by atoms with Crippen LogP contribution in [0.3, 0.4) is 0 Å². The number of alkyl carbamates (subject to hydrolysis) is 1. The van der Waals surface area contributed by atoms with Gasteiger partial charge in [0.15, 0.2) is 17.4 Å². The summed E-state index contributed by atoms with van der Waals surface area (Å²) < 4.78 is 46.9. The molecule has 0 bridgehead atoms. The van der Waals surface area contributed by atoms with Gasteiger partial charge in [-0.05, 0) is 58.4 Å². The molecular weight excluding hydrogens is 564 g/mol. The number of H-pyrrole nitrogens is 1. The largest absolute Gasteiger partial charge is 0.466 e. The second-order valence-corrected chi connectivity index (χ2v) is 10.6. The number of carbonyl (C=O) groups is 2. The van der Waals surface area contributed by atoms with Gasteiger partial charge < -0.3 is 19.5 Å². The first-order valence-corrected chi connectivity index (χ1v) is 13.7. The summed E-state index contributed by atoms with van der Waals surface area (Å²) in [4.78, 5) is 28.9. The van der Waals surface area contributed by atoms with Gasteiger partial charge in [-0.25, -0.2) is 23.2 Å². The number of esters is 1. The Bertz CT molecular complexity index is 1550. The van der Waals surface area contributed by atoms with Crippen LogP contribution in [0.25, 0.3) is 16.9 Å². The van der Waals surface area contributed by atoms with Gasteiger partial charge in [0.2, 0.25) is 0 Å². The molecule has 4 aromatic rings. The van der Waals surface area contributed by atoms with Crippen molar-refractivity contribution in [3.63, 3.8) is 0 Å². The molecule has 0 fully saturated rings. The Morgan fingerprint density at radius 3 is 2.53 bits per heavy atom. The van der Waals surface area contributed by atoms with Crippen LogP contribution in [-0.2, 0) is 14.3 Å². The predicted molar refractivity (Wildman–Crippen MR) is 151 cm³/mol. The van der Waals surface area contributed by atoms with Gasteiger partial charge in [0.1, 0.15) is 5.60 Å². The van der Waals surface area contributed by atoms with Crippen LogP contribution in [0.1, 0.15) is 59.1 Å². The van der Waals surface area contributed by atoms with E-state index in [1.165, 1.54) is 35.3 Å². The molecule has 1 aromatic carbocycles. The fraction of sp³-hybridized carbons (Fsp3) is 0.379. The third-order valence-electron chi connectivity index (χ3n) is 6.22. The summed E-state index contributed by atoms with van der Waals surface area (Å²) in [5.74, 6) is -3.14. The molecule has 0 aliphatic heterocycles. The van der Waals surface area contributed by atoms with Gasteiger partial charge in [0.05, 0.1) is 42.3 Å². The predicted octanol–water partition coefficient (Wildman–Crippen LogP) is 5.46. The molecule has 0 saturated carbocycles. The van der Waals surface area contributed by atoms with Crippen molar-refractivity contribution in [2.75, 3.05) is 6.61 Å². The van der Waals surface area contributed by atoms with Crippen molar-refractivity contribution >= 4 is 12.1 Å². The molecule has 228 valence electrons. The van der Waals surface area contributed by atoms with Gasteiger partial charge in [0.25, 0.3) is 5.88 Å². The van der Waals surface area contributed by atoms with E-state index in [0.29, 0.717) is 29.1 Å². The standard InChI is InChI=1S/C29H33F2N7O5/c1-6-19(23(14-26(39)41-7-2)34-28(40)43-29(3,4)5)24-16-38(37-36-24)18-8-9-25(20(30)13-18)42-27-21(31)12-17(15-32-27)22-10-11-33-35-22/h8-13,15-16,19,23H,6-7,14H2,1-5H3,(H,33,35)(H,34,40). The number of pyridine rings is 1. The van der Waals surface area contributed by atoms with Crippen LogP contribution in [0, 0.1) is 11.6 Å². The van der Waals surface area contributed by atoms with Crippen LogP contribution in [0.15, 0.2) is 48.9 Å². The molecular formula is C29H33F2N7O5. The fourth-order valence-electron chi connectivity index (χ4n) is 4.31. The Balaban J connectivity index is 1.52. The molecule has 43 heavy (non-hydrogen) atoms. The minimum atomic E-state index is -0.785. The number of aromatic amines is 1. The summed E-state index contributed by atoms with van der Waals surface area (Å²) in [6, 6.07) is 6.14. The number of aromatic nitrogens is 6. The number of rotatable bonds is 11. The van der Waals surface area contributed by atoms with Crippen molar-refractivity contribution in [2.45, 2.75) is 65.0 Å². The summed E-state index contributed by atoms with van der Waals surface area (Å²) in [5, 5.41) is 17.6. The summed E-state index contributed by atoms with van der Waals surface area (Å²) in [6.07, 6.45) is 4.16. The molecule has 3 heterocycles. The quantitative estimate of drug-likeness (QED) is 0.215. The second kappa shape index (κ2) is 13.4. The van der Waals surface area contributed by atoms with Gasteiger partial charge in [-0.1, -0.05) is 12.1 Å². The molecule has 1 amide bonds. The van der Waals surface area contributed by atoms with Crippen LogP contribution >= 0.6 is 0 Å². The summed E-state index contributed by atoms with van der Waals surface area (Å²) in [7, 11) is 0. The number of halogens is 2. The first-order valence-electron chi connectivity index (χ1n) is 13.7. The van der Waals surface area contributed by atoms with Crippen molar-refractivity contribution < 1.29 is 32.6 Å². The summed E-state index contributed by atoms with van der Waals surface area (Å²) in [6.45, 7) is 8.95. The van der Waals surface area contributed by atoms with Gasteiger partial charge in [-0.15, -0.1) is 5.10 Å². The Morgan fingerprint density at radius 2 is 1.91 bits per heavy atom. The molecule has 4 rings (SSSR count). The monoisotopic (exact) mass is 597 g/mol. The minimum Gasteiger partial charge on any atom is -0.466 e. The highest BCUT2D eigenvalue weighted by molar-refractivity contribution is 5.73. The number of hydrogen-bond donors (Lipinski definition) is 2. The van der Waals surface area contributed by atoms with Gasteiger partial charge in [-0.3, -0.25) is 9.89 Å². The molecule has 12 nitrogen and oxygen atoms in total. The molecule has 2 atom stereocenters. The minimum absolute atomic E-state index is 0.118. The lowest BCUT2D eigenvalue weighted by Crippen LogP contribution is -2.43. The third-order valence-corrected chi connectivity index (χ3v) is 6.22. The van der Waals surface area contributed by atoms with Crippen molar-refractivity contribution in [1.29, 1.82) is 0 Å². The van der Waals surface area contributed by atoms with Gasteiger partial charge in [0, 0.05) is 29.9 Å². The fourth-order valence-corrected chi connectivity index (χ4v) is 4.31. The van der Waals surface area contributed by atoms with E-state index in [2.05, 4.69) is 30.8 Å². The zero-order valence-electron chi connectivity index (χ0n) is 24.4. The van der Waals surface area contributed by atoms with Crippen molar-refractivity contribution in [2.24, 2.45) is 0 Å². The number of hydrogen-bond acceptors (Lipinski definition) is 9. The Kier molecular flexibility index (Phi) is 9.68. The average molecular weight is 598 g/mol. The van der Waals surface area contributed by atoms with Crippen LogP contribution in [-0.4, -0.2) is 60.5 Å². The molecule has 0 saturated heterocycles. The molecule has 0 aliphatic rings. The second-order valence-electron chi connectivity index (χ2n) is 10.6. The smallest absolute Gasteiger partial charge is 0.407 e. The van der Waals surface area contributed by atoms with E-state index < -0.39 is 47.1 Å². The number of carbonyl (C=O) groups excluding carboxylic acids is 2. The number of nitrogens with zero attached hydrogens (tertiary/aromatic N) is 5. The van der Waals surface area contributed by atoms with Gasteiger partial charge >= 0.3 is 12.1 Å². The number of ether oxygens (including phenoxy) is 3. The highest BCUT2D eigenvalue weighted by Crippen LogP contribution is 2.30. The van der Waals surface area contributed by atoms with E-state index in [-0.39, 0.29) is 18.8 Å². The molecule has 3 aromatic heterocycles. The van der Waals surface area contributed by atoms with Crippen LogP contribution < -0.4 is 10.1 Å². The molecule has 2 unspecified atom stereocenters. The van der Waals surface area contributed by atoms with E-state index in [1.807, 2.05) is 6.92 Å².